The molecule has 6 N–H and O–H groups in total. The van der Waals surface area contributed by atoms with Crippen LogP contribution < -0.4 is 20.9 Å². The predicted molar refractivity (Wildman–Crippen MR) is 171 cm³/mol. The predicted octanol–water partition coefficient (Wildman–Crippen LogP) is 8.78. The van der Waals surface area contributed by atoms with Crippen molar-refractivity contribution in [3.05, 3.63) is 59.7 Å². The maximum atomic E-state index is 10.5. The zero-order valence-corrected chi connectivity index (χ0v) is 25.4. The van der Waals surface area contributed by atoms with E-state index < -0.39 is 0 Å². The summed E-state index contributed by atoms with van der Waals surface area (Å²) in [5.74, 6) is 7.62. The Bertz CT molecular complexity index is 1460. The fourth-order valence-corrected chi connectivity index (χ4v) is 11.9. The summed E-state index contributed by atoms with van der Waals surface area (Å²) in [6.45, 7) is 0. The second-order valence-electron chi connectivity index (χ2n) is 15.9. The number of ether oxygens (including phenoxy) is 2. The third-order valence-corrected chi connectivity index (χ3v) is 12.8. The van der Waals surface area contributed by atoms with Crippen LogP contribution in [0.15, 0.2) is 48.5 Å². The Labute approximate surface area is 259 Å². The van der Waals surface area contributed by atoms with Crippen LogP contribution in [0.1, 0.15) is 88.2 Å². The molecule has 0 radical (unpaired) electrons. The molecule has 0 spiro atoms. The maximum Gasteiger partial charge on any atom is 0.142 e. The van der Waals surface area contributed by atoms with E-state index in [0.717, 1.165) is 47.0 Å². The molecule has 8 aliphatic rings. The Kier molecular flexibility index (Phi) is 5.78. The lowest BCUT2D eigenvalue weighted by molar-refractivity contribution is -0.00937. The van der Waals surface area contributed by atoms with Gasteiger partial charge in [0.05, 0.1) is 11.4 Å². The first-order chi connectivity index (χ1) is 21.2. The number of rotatable bonds is 6. The maximum absolute atomic E-state index is 10.5. The number of hydrogen-bond donors (Lipinski definition) is 4. The van der Waals surface area contributed by atoms with Crippen molar-refractivity contribution >= 4 is 11.4 Å². The van der Waals surface area contributed by atoms with Gasteiger partial charge in [-0.05, 0) is 154 Å². The molecule has 0 heterocycles. The molecule has 0 aromatic heterocycles. The Balaban J connectivity index is 1.23. The van der Waals surface area contributed by atoms with Crippen molar-refractivity contribution in [3.63, 3.8) is 0 Å². The van der Waals surface area contributed by atoms with Gasteiger partial charge in [0.1, 0.15) is 34.5 Å². The molecule has 8 aliphatic carbocycles. The zero-order chi connectivity index (χ0) is 29.8. The second-order valence-corrected chi connectivity index (χ2v) is 15.9. The zero-order valence-electron chi connectivity index (χ0n) is 25.4. The van der Waals surface area contributed by atoms with Gasteiger partial charge in [-0.3, -0.25) is 0 Å². The highest BCUT2D eigenvalue weighted by molar-refractivity contribution is 5.60. The van der Waals surface area contributed by atoms with Gasteiger partial charge in [0, 0.05) is 29.3 Å². The number of aromatic hydroxyl groups is 2. The molecule has 0 aliphatic heterocycles. The third kappa shape index (κ3) is 4.27. The first-order valence-electron chi connectivity index (χ1n) is 16.9. The van der Waals surface area contributed by atoms with Gasteiger partial charge < -0.3 is 31.2 Å². The highest BCUT2D eigenvalue weighted by atomic mass is 16.5. The standard InChI is InChI=1S/C38H44N2O4/c39-31-3-1-27(11-33(31)41)43-35-14-36(44-28-2-4-32(40)34(42)12-28)30(38-18-24-8-25(19-38)10-26(9-24)20-38)13-29(35)37-15-21-5-22(16-37)7-23(6-21)17-37/h1-4,11-14,21-26,41-42H,5-10,15-20,39-40H2. The monoisotopic (exact) mass is 592 g/mol. The van der Waals surface area contributed by atoms with Gasteiger partial charge in [-0.2, -0.15) is 0 Å². The lowest BCUT2D eigenvalue weighted by Gasteiger charge is -2.58. The van der Waals surface area contributed by atoms with E-state index in [9.17, 15) is 10.2 Å². The summed E-state index contributed by atoms with van der Waals surface area (Å²) in [5, 5.41) is 20.9. The van der Waals surface area contributed by atoms with Gasteiger partial charge in [0.15, 0.2) is 0 Å². The van der Waals surface area contributed by atoms with Crippen LogP contribution in [-0.2, 0) is 10.8 Å². The molecular formula is C38H44N2O4. The number of phenols is 2. The first-order valence-corrected chi connectivity index (χ1v) is 16.9. The van der Waals surface area contributed by atoms with Gasteiger partial charge in [-0.25, -0.2) is 0 Å². The van der Waals surface area contributed by atoms with E-state index in [0.29, 0.717) is 22.9 Å². The van der Waals surface area contributed by atoms with E-state index in [2.05, 4.69) is 12.1 Å². The molecule has 6 heteroatoms. The van der Waals surface area contributed by atoms with E-state index in [-0.39, 0.29) is 22.3 Å². The highest BCUT2D eigenvalue weighted by Gasteiger charge is 2.55. The van der Waals surface area contributed by atoms with Crippen LogP contribution in [0.5, 0.6) is 34.5 Å². The number of phenolic OH excluding ortho intramolecular Hbond substituents is 2. The van der Waals surface area contributed by atoms with Gasteiger partial charge >= 0.3 is 0 Å². The summed E-state index contributed by atoms with van der Waals surface area (Å²) in [6.07, 6.45) is 15.7. The molecule has 0 saturated heterocycles. The van der Waals surface area contributed by atoms with Gasteiger partial charge in [-0.15, -0.1) is 0 Å². The van der Waals surface area contributed by atoms with E-state index in [1.54, 1.807) is 24.3 Å². The number of anilines is 2. The van der Waals surface area contributed by atoms with Crippen molar-refractivity contribution in [1.82, 2.24) is 0 Å². The second kappa shape index (κ2) is 9.48. The molecule has 8 bridgehead atoms. The van der Waals surface area contributed by atoms with E-state index in [1.807, 2.05) is 12.1 Å². The average Bonchev–Trinajstić information content (AvgIpc) is 2.95. The Hall–Kier alpha value is -3.54. The van der Waals surface area contributed by atoms with Crippen LogP contribution in [0.4, 0.5) is 11.4 Å². The fourth-order valence-electron chi connectivity index (χ4n) is 11.9. The number of hydrogen-bond acceptors (Lipinski definition) is 6. The summed E-state index contributed by atoms with van der Waals surface area (Å²) in [4.78, 5) is 0. The third-order valence-electron chi connectivity index (χ3n) is 12.8. The molecule has 6 nitrogen and oxygen atoms in total. The summed E-state index contributed by atoms with van der Waals surface area (Å²) >= 11 is 0. The van der Waals surface area contributed by atoms with Crippen LogP contribution in [0, 0.1) is 35.5 Å². The molecule has 3 aromatic carbocycles. The molecular weight excluding hydrogens is 548 g/mol. The molecule has 0 atom stereocenters. The van der Waals surface area contributed by atoms with E-state index in [1.165, 1.54) is 88.2 Å². The molecule has 8 saturated carbocycles. The van der Waals surface area contributed by atoms with Gasteiger partial charge in [0.25, 0.3) is 0 Å². The summed E-state index contributed by atoms with van der Waals surface area (Å²) in [5.41, 5.74) is 15.5. The average molecular weight is 593 g/mol. The van der Waals surface area contributed by atoms with Crippen molar-refractivity contribution < 1.29 is 19.7 Å². The smallest absolute Gasteiger partial charge is 0.142 e. The summed E-state index contributed by atoms with van der Waals surface area (Å²) in [7, 11) is 0. The SMILES string of the molecule is Nc1ccc(Oc2cc(Oc3ccc(N)c(O)c3)c(C34CC5CC(CC(C5)C3)C4)cc2C23CC4CC(CC(C4)C2)C3)cc1O. The molecule has 230 valence electrons. The number of nitrogen functional groups attached to an aromatic ring is 2. The normalized spacial score (nSPS) is 36.1. The highest BCUT2D eigenvalue weighted by Crippen LogP contribution is 2.66. The lowest BCUT2D eigenvalue weighted by Crippen LogP contribution is -2.50. The number of nitrogens with two attached hydrogens (primary N) is 2. The lowest BCUT2D eigenvalue weighted by atomic mass is 9.46. The molecule has 3 aromatic rings. The van der Waals surface area contributed by atoms with Crippen molar-refractivity contribution in [3.8, 4) is 34.5 Å². The van der Waals surface area contributed by atoms with Gasteiger partial charge in [0.2, 0.25) is 0 Å². The first kappa shape index (κ1) is 26.8. The summed E-state index contributed by atoms with van der Waals surface area (Å²) < 4.78 is 13.5. The van der Waals surface area contributed by atoms with Crippen LogP contribution in [0.25, 0.3) is 0 Å². The number of benzene rings is 3. The van der Waals surface area contributed by atoms with E-state index in [4.69, 9.17) is 20.9 Å². The Morgan fingerprint density at radius 1 is 0.500 bits per heavy atom. The molecule has 0 amide bonds. The van der Waals surface area contributed by atoms with Crippen molar-refractivity contribution in [2.24, 2.45) is 35.5 Å². The molecule has 44 heavy (non-hydrogen) atoms. The van der Waals surface area contributed by atoms with E-state index >= 15 is 0 Å². The Morgan fingerprint density at radius 2 is 0.841 bits per heavy atom. The minimum atomic E-state index is 0.0258. The largest absolute Gasteiger partial charge is 0.506 e. The quantitative estimate of drug-likeness (QED) is 0.168. The minimum absolute atomic E-state index is 0.0258. The van der Waals surface area contributed by atoms with Crippen molar-refractivity contribution in [2.75, 3.05) is 11.5 Å². The van der Waals surface area contributed by atoms with Crippen molar-refractivity contribution in [2.45, 2.75) is 87.9 Å². The van der Waals surface area contributed by atoms with Crippen LogP contribution in [0.2, 0.25) is 0 Å². The minimum Gasteiger partial charge on any atom is -0.506 e. The van der Waals surface area contributed by atoms with Crippen LogP contribution >= 0.6 is 0 Å². The fraction of sp³-hybridized carbons (Fsp3) is 0.526. The van der Waals surface area contributed by atoms with Crippen LogP contribution in [0.3, 0.4) is 0 Å². The summed E-state index contributed by atoms with van der Waals surface area (Å²) in [6, 6.07) is 15.0. The topological polar surface area (TPSA) is 111 Å². The van der Waals surface area contributed by atoms with Gasteiger partial charge in [-0.1, -0.05) is 0 Å². The Morgan fingerprint density at radius 3 is 1.16 bits per heavy atom. The van der Waals surface area contributed by atoms with Crippen molar-refractivity contribution in [1.29, 1.82) is 0 Å². The van der Waals surface area contributed by atoms with Crippen LogP contribution in [-0.4, -0.2) is 10.2 Å². The molecule has 8 fully saturated rings. The molecule has 11 rings (SSSR count). The molecule has 0 unspecified atom stereocenters.